The van der Waals surface area contributed by atoms with E-state index in [1.165, 1.54) is 24.0 Å². The summed E-state index contributed by atoms with van der Waals surface area (Å²) in [5, 5.41) is 14.0. The molecule has 1 fully saturated rings. The number of ether oxygens (including phenoxy) is 3. The van der Waals surface area contributed by atoms with Crippen LogP contribution in [0.1, 0.15) is 52.3 Å². The fourth-order valence-corrected chi connectivity index (χ4v) is 4.71. The number of carbonyl (C=O) groups excluding carboxylic acids is 3. The third kappa shape index (κ3) is 5.34. The molecule has 0 saturated carbocycles. The van der Waals surface area contributed by atoms with Crippen molar-refractivity contribution in [3.05, 3.63) is 51.9 Å². The van der Waals surface area contributed by atoms with E-state index in [2.05, 4.69) is 4.98 Å². The molecule has 1 aromatic heterocycles. The second kappa shape index (κ2) is 11.5. The van der Waals surface area contributed by atoms with Crippen LogP contribution in [0.3, 0.4) is 0 Å². The SMILES string of the molecule is CCOC(=O)c1[nH]c(C)c(C([O-])=C2C(=O)C(=O)N(CCC[NH+](C)C)C2c2cc(OC)ccc2OC)c1C. The molecule has 1 aliphatic rings. The number of amides is 1. The van der Waals surface area contributed by atoms with Crippen LogP contribution in [-0.2, 0) is 14.3 Å². The topological polar surface area (TPSA) is 125 Å². The van der Waals surface area contributed by atoms with Gasteiger partial charge in [-0.25, -0.2) is 4.79 Å². The Kier molecular flexibility index (Phi) is 8.65. The summed E-state index contributed by atoms with van der Waals surface area (Å²) >= 11 is 0. The number of nitrogens with one attached hydrogen (secondary N) is 2. The summed E-state index contributed by atoms with van der Waals surface area (Å²) in [6, 6.07) is 4.08. The Labute approximate surface area is 216 Å². The number of Topliss-reactive ketones (excluding diaryl/α,β-unsaturated/α-hetero) is 1. The van der Waals surface area contributed by atoms with Crippen molar-refractivity contribution in [1.82, 2.24) is 9.88 Å². The first kappa shape index (κ1) is 27.8. The smallest absolute Gasteiger partial charge is 0.355 e. The summed E-state index contributed by atoms with van der Waals surface area (Å²) in [5.41, 5.74) is 1.36. The maximum Gasteiger partial charge on any atom is 0.355 e. The van der Waals surface area contributed by atoms with Gasteiger partial charge in [-0.2, -0.15) is 0 Å². The van der Waals surface area contributed by atoms with Gasteiger partial charge in [-0.3, -0.25) is 9.59 Å². The van der Waals surface area contributed by atoms with Crippen molar-refractivity contribution >= 4 is 23.4 Å². The lowest BCUT2D eigenvalue weighted by Crippen LogP contribution is -3.05. The maximum absolute atomic E-state index is 14.0. The van der Waals surface area contributed by atoms with Crippen LogP contribution in [0.4, 0.5) is 0 Å². The summed E-state index contributed by atoms with van der Waals surface area (Å²) in [6.07, 6.45) is 0.626. The van der Waals surface area contributed by atoms with E-state index in [9.17, 15) is 19.5 Å². The highest BCUT2D eigenvalue weighted by Gasteiger charge is 2.45. The van der Waals surface area contributed by atoms with E-state index in [1.807, 2.05) is 14.1 Å². The van der Waals surface area contributed by atoms with Gasteiger partial charge in [0.25, 0.3) is 5.91 Å². The van der Waals surface area contributed by atoms with E-state index in [0.717, 1.165) is 6.54 Å². The normalized spacial score (nSPS) is 17.0. The first-order chi connectivity index (χ1) is 17.6. The van der Waals surface area contributed by atoms with Gasteiger partial charge in [0.05, 0.1) is 47.5 Å². The largest absolute Gasteiger partial charge is 0.872 e. The quantitative estimate of drug-likeness (QED) is 0.206. The molecule has 2 aromatic rings. The molecular formula is C27H35N3O7. The van der Waals surface area contributed by atoms with Crippen LogP contribution in [0, 0.1) is 13.8 Å². The van der Waals surface area contributed by atoms with Crippen LogP contribution >= 0.6 is 0 Å². The molecule has 1 aromatic carbocycles. The molecular weight excluding hydrogens is 478 g/mol. The van der Waals surface area contributed by atoms with E-state index in [-0.39, 0.29) is 30.0 Å². The lowest BCUT2D eigenvalue weighted by atomic mass is 9.93. The Hall–Kier alpha value is -3.79. The molecule has 1 amide bonds. The van der Waals surface area contributed by atoms with Gasteiger partial charge in [-0.1, -0.05) is 5.76 Å². The summed E-state index contributed by atoms with van der Waals surface area (Å²) in [4.78, 5) is 44.6. The van der Waals surface area contributed by atoms with Gasteiger partial charge >= 0.3 is 5.97 Å². The molecule has 1 aliphatic heterocycles. The second-order valence-electron chi connectivity index (χ2n) is 9.24. The fourth-order valence-electron chi connectivity index (χ4n) is 4.71. The zero-order valence-electron chi connectivity index (χ0n) is 22.4. The predicted octanol–water partition coefficient (Wildman–Crippen LogP) is 0.584. The van der Waals surface area contributed by atoms with Crippen molar-refractivity contribution in [3.63, 3.8) is 0 Å². The number of benzene rings is 1. The Balaban J connectivity index is 2.25. The van der Waals surface area contributed by atoms with Gasteiger partial charge in [-0.15, -0.1) is 0 Å². The highest BCUT2D eigenvalue weighted by molar-refractivity contribution is 6.46. The second-order valence-corrected chi connectivity index (χ2v) is 9.24. The minimum absolute atomic E-state index is 0.140. The average molecular weight is 514 g/mol. The van der Waals surface area contributed by atoms with Crippen LogP contribution < -0.4 is 19.5 Å². The molecule has 0 radical (unpaired) electrons. The molecule has 0 bridgehead atoms. The average Bonchev–Trinajstić information content (AvgIpc) is 3.30. The molecule has 2 heterocycles. The maximum atomic E-state index is 14.0. The number of aryl methyl sites for hydroxylation is 1. The number of aromatic nitrogens is 1. The van der Waals surface area contributed by atoms with Gasteiger partial charge < -0.3 is 34.1 Å². The molecule has 37 heavy (non-hydrogen) atoms. The number of hydrogen-bond donors (Lipinski definition) is 2. The Bertz CT molecular complexity index is 1230. The highest BCUT2D eigenvalue weighted by atomic mass is 16.5. The van der Waals surface area contributed by atoms with Crippen molar-refractivity contribution in [2.24, 2.45) is 0 Å². The van der Waals surface area contributed by atoms with Crippen molar-refractivity contribution in [3.8, 4) is 11.5 Å². The van der Waals surface area contributed by atoms with E-state index < -0.39 is 29.5 Å². The van der Waals surface area contributed by atoms with Crippen molar-refractivity contribution in [2.45, 2.75) is 33.2 Å². The Morgan fingerprint density at radius 1 is 1.16 bits per heavy atom. The van der Waals surface area contributed by atoms with Gasteiger partial charge in [0.15, 0.2) is 0 Å². The minimum Gasteiger partial charge on any atom is -0.872 e. The summed E-state index contributed by atoms with van der Waals surface area (Å²) in [5.74, 6) is -1.92. The fraction of sp³-hybridized carbons (Fsp3) is 0.444. The number of hydrogen-bond acceptors (Lipinski definition) is 7. The van der Waals surface area contributed by atoms with E-state index >= 15 is 0 Å². The zero-order valence-corrected chi connectivity index (χ0v) is 22.4. The van der Waals surface area contributed by atoms with Crippen LogP contribution in [0.2, 0.25) is 0 Å². The third-order valence-electron chi connectivity index (χ3n) is 6.48. The Morgan fingerprint density at radius 3 is 2.46 bits per heavy atom. The first-order valence-electron chi connectivity index (χ1n) is 12.2. The van der Waals surface area contributed by atoms with Gasteiger partial charge in [0.1, 0.15) is 17.2 Å². The van der Waals surface area contributed by atoms with Gasteiger partial charge in [-0.05, 0) is 50.1 Å². The molecule has 0 spiro atoms. The van der Waals surface area contributed by atoms with Gasteiger partial charge in [0, 0.05) is 29.8 Å². The van der Waals surface area contributed by atoms with Crippen molar-refractivity contribution in [2.75, 3.05) is 48.0 Å². The molecule has 1 atom stereocenters. The monoisotopic (exact) mass is 513 g/mol. The van der Waals surface area contributed by atoms with Crippen molar-refractivity contribution < 1.29 is 38.6 Å². The number of quaternary nitrogens is 1. The zero-order chi connectivity index (χ0) is 27.4. The third-order valence-corrected chi connectivity index (χ3v) is 6.48. The van der Waals surface area contributed by atoms with Crippen LogP contribution in [-0.4, -0.2) is 75.6 Å². The number of carbonyl (C=O) groups is 3. The molecule has 10 nitrogen and oxygen atoms in total. The molecule has 10 heteroatoms. The number of nitrogens with zero attached hydrogens (tertiary/aromatic N) is 1. The highest BCUT2D eigenvalue weighted by Crippen LogP contribution is 2.44. The number of rotatable bonds is 10. The van der Waals surface area contributed by atoms with Crippen LogP contribution in [0.25, 0.3) is 5.76 Å². The number of esters is 1. The lowest BCUT2D eigenvalue weighted by molar-refractivity contribution is -0.858. The standard InChI is InChI=1S/C27H35N3O7/c1-8-37-27(34)22-15(2)20(16(3)28-22)24(31)21-23(18-14-17(35-6)10-11-19(18)36-7)30(26(33)25(21)32)13-9-12-29(4)5/h10-11,14,23,28,31H,8-9,12-13H2,1-7H3. The molecule has 1 unspecified atom stereocenters. The first-order valence-corrected chi connectivity index (χ1v) is 12.2. The predicted molar refractivity (Wildman–Crippen MR) is 134 cm³/mol. The number of methoxy groups -OCH3 is 2. The summed E-state index contributed by atoms with van der Waals surface area (Å²) in [6.45, 7) is 6.16. The van der Waals surface area contributed by atoms with E-state index in [1.54, 1.807) is 39.0 Å². The Morgan fingerprint density at radius 2 is 1.86 bits per heavy atom. The summed E-state index contributed by atoms with van der Waals surface area (Å²) in [7, 11) is 6.99. The van der Waals surface area contributed by atoms with Crippen LogP contribution in [0.15, 0.2) is 23.8 Å². The lowest BCUT2D eigenvalue weighted by Gasteiger charge is -2.29. The number of aromatic amines is 1. The number of H-pyrrole nitrogens is 1. The van der Waals surface area contributed by atoms with Gasteiger partial charge in [0.2, 0.25) is 5.78 Å². The molecule has 1 saturated heterocycles. The molecule has 0 aliphatic carbocycles. The van der Waals surface area contributed by atoms with Crippen LogP contribution in [0.5, 0.6) is 11.5 Å². The molecule has 2 N–H and O–H groups in total. The van der Waals surface area contributed by atoms with E-state index in [0.29, 0.717) is 34.7 Å². The number of ketones is 1. The van der Waals surface area contributed by atoms with Crippen molar-refractivity contribution in [1.29, 1.82) is 0 Å². The van der Waals surface area contributed by atoms with E-state index in [4.69, 9.17) is 14.2 Å². The summed E-state index contributed by atoms with van der Waals surface area (Å²) < 4.78 is 16.0. The molecule has 200 valence electrons. The molecule has 3 rings (SSSR count). The number of likely N-dealkylation sites (tertiary alicyclic amines) is 1. The minimum atomic E-state index is -0.977.